The fraction of sp³-hybridized carbons (Fsp3) is 0.500. The van der Waals surface area contributed by atoms with Crippen molar-refractivity contribution in [2.45, 2.75) is 43.3 Å². The minimum atomic E-state index is -3.11. The predicted molar refractivity (Wildman–Crippen MR) is 62.6 cm³/mol. The Bertz CT molecular complexity index is 381. The third kappa shape index (κ3) is 2.81. The largest absolute Gasteiger partial charge is 0.223 e. The summed E-state index contributed by atoms with van der Waals surface area (Å²) < 4.78 is 24.3. The first-order chi connectivity index (χ1) is 7.12. The molecule has 0 amide bonds. The molecule has 0 radical (unpaired) electrons. The highest BCUT2D eigenvalue weighted by Gasteiger charge is 2.24. The number of hydrogen-bond acceptors (Lipinski definition) is 2. The minimum Gasteiger partial charge on any atom is -0.223 e. The smallest absolute Gasteiger partial charge is 0.181 e. The van der Waals surface area contributed by atoms with Gasteiger partial charge in [-0.2, -0.15) is 0 Å². The van der Waals surface area contributed by atoms with Gasteiger partial charge in [0, 0.05) is 0 Å². The molecule has 0 aromatic heterocycles. The van der Waals surface area contributed by atoms with Crippen LogP contribution in [0.4, 0.5) is 0 Å². The number of sulfone groups is 1. The fourth-order valence-electron chi connectivity index (χ4n) is 1.70. The van der Waals surface area contributed by atoms with E-state index in [1.807, 2.05) is 19.9 Å². The van der Waals surface area contributed by atoms with Crippen molar-refractivity contribution < 1.29 is 8.42 Å². The zero-order valence-electron chi connectivity index (χ0n) is 9.31. The van der Waals surface area contributed by atoms with E-state index in [4.69, 9.17) is 0 Å². The second kappa shape index (κ2) is 5.31. The molecule has 15 heavy (non-hydrogen) atoms. The summed E-state index contributed by atoms with van der Waals surface area (Å²) in [6, 6.07) is 8.72. The average Bonchev–Trinajstić information content (AvgIpc) is 2.27. The van der Waals surface area contributed by atoms with Crippen LogP contribution in [0.15, 0.2) is 35.2 Å². The van der Waals surface area contributed by atoms with Crippen molar-refractivity contribution >= 4 is 9.84 Å². The third-order valence-corrected chi connectivity index (χ3v) is 4.95. The van der Waals surface area contributed by atoms with Gasteiger partial charge in [0.25, 0.3) is 0 Å². The maximum Gasteiger partial charge on any atom is 0.181 e. The molecule has 1 rings (SSSR count). The molecule has 0 fully saturated rings. The summed E-state index contributed by atoms with van der Waals surface area (Å²) in [4.78, 5) is 0.449. The van der Waals surface area contributed by atoms with Gasteiger partial charge < -0.3 is 0 Å². The first-order valence-electron chi connectivity index (χ1n) is 5.41. The minimum absolute atomic E-state index is 0.232. The maximum absolute atomic E-state index is 12.2. The lowest BCUT2D eigenvalue weighted by atomic mass is 10.2. The molecule has 2 nitrogen and oxygen atoms in total. The number of rotatable bonds is 5. The van der Waals surface area contributed by atoms with E-state index in [2.05, 4.69) is 0 Å². The van der Waals surface area contributed by atoms with Crippen molar-refractivity contribution in [2.75, 3.05) is 0 Å². The van der Waals surface area contributed by atoms with Gasteiger partial charge in [0.05, 0.1) is 10.1 Å². The molecule has 0 N–H and O–H groups in total. The maximum atomic E-state index is 12.2. The van der Waals surface area contributed by atoms with Gasteiger partial charge in [-0.05, 0) is 25.0 Å². The van der Waals surface area contributed by atoms with Crippen LogP contribution in [-0.4, -0.2) is 13.7 Å². The Morgan fingerprint density at radius 3 is 2.20 bits per heavy atom. The second-order valence-corrected chi connectivity index (χ2v) is 5.91. The van der Waals surface area contributed by atoms with Crippen LogP contribution in [0.3, 0.4) is 0 Å². The normalized spacial score (nSPS) is 13.7. The quantitative estimate of drug-likeness (QED) is 0.773. The van der Waals surface area contributed by atoms with Crippen LogP contribution >= 0.6 is 0 Å². The van der Waals surface area contributed by atoms with Crippen LogP contribution in [-0.2, 0) is 9.84 Å². The third-order valence-electron chi connectivity index (χ3n) is 2.58. The summed E-state index contributed by atoms with van der Waals surface area (Å²) in [5, 5.41) is -0.232. The molecule has 0 spiro atoms. The van der Waals surface area contributed by atoms with Gasteiger partial charge in [0.15, 0.2) is 9.84 Å². The molecule has 0 aliphatic carbocycles. The van der Waals surface area contributed by atoms with Crippen LogP contribution in [0.25, 0.3) is 0 Å². The van der Waals surface area contributed by atoms with Crippen LogP contribution in [0.5, 0.6) is 0 Å². The molecule has 0 bridgehead atoms. The van der Waals surface area contributed by atoms with Gasteiger partial charge in [-0.1, -0.05) is 38.5 Å². The van der Waals surface area contributed by atoms with Gasteiger partial charge in [-0.15, -0.1) is 0 Å². The molecular formula is C12H18O2S. The van der Waals surface area contributed by atoms with Gasteiger partial charge in [0.2, 0.25) is 0 Å². The lowest BCUT2D eigenvalue weighted by Gasteiger charge is -2.14. The Hall–Kier alpha value is -0.830. The van der Waals surface area contributed by atoms with E-state index in [0.717, 1.165) is 12.8 Å². The van der Waals surface area contributed by atoms with Crippen molar-refractivity contribution in [3.63, 3.8) is 0 Å². The van der Waals surface area contributed by atoms with E-state index in [0.29, 0.717) is 11.3 Å². The monoisotopic (exact) mass is 226 g/mol. The first kappa shape index (κ1) is 12.2. The predicted octanol–water partition coefficient (Wildman–Crippen LogP) is 3.04. The Morgan fingerprint density at radius 2 is 1.73 bits per heavy atom. The highest BCUT2D eigenvalue weighted by Crippen LogP contribution is 2.21. The van der Waals surface area contributed by atoms with Crippen molar-refractivity contribution in [1.29, 1.82) is 0 Å². The summed E-state index contributed by atoms with van der Waals surface area (Å²) in [6.07, 6.45) is 2.34. The summed E-state index contributed by atoms with van der Waals surface area (Å²) in [6.45, 7) is 3.95. The molecule has 0 aliphatic rings. The molecule has 1 aromatic carbocycles. The summed E-state index contributed by atoms with van der Waals surface area (Å²) in [7, 11) is -3.11. The van der Waals surface area contributed by atoms with E-state index < -0.39 is 9.84 Å². The SMILES string of the molecule is CCCC(CC)S(=O)(=O)c1ccccc1. The molecule has 1 unspecified atom stereocenters. The van der Waals surface area contributed by atoms with Crippen molar-refractivity contribution in [3.05, 3.63) is 30.3 Å². The standard InChI is InChI=1S/C12H18O2S/c1-3-8-11(4-2)15(13,14)12-9-6-5-7-10-12/h5-7,9-11H,3-4,8H2,1-2H3. The number of hydrogen-bond donors (Lipinski definition) is 0. The van der Waals surface area contributed by atoms with E-state index in [9.17, 15) is 8.42 Å². The van der Waals surface area contributed by atoms with Gasteiger partial charge in [0.1, 0.15) is 0 Å². The molecule has 84 valence electrons. The first-order valence-corrected chi connectivity index (χ1v) is 6.96. The van der Waals surface area contributed by atoms with Gasteiger partial charge >= 0.3 is 0 Å². The Labute approximate surface area is 92.2 Å². The van der Waals surface area contributed by atoms with E-state index >= 15 is 0 Å². The molecule has 0 saturated carbocycles. The van der Waals surface area contributed by atoms with Crippen LogP contribution < -0.4 is 0 Å². The highest BCUT2D eigenvalue weighted by atomic mass is 32.2. The topological polar surface area (TPSA) is 34.1 Å². The summed E-state index contributed by atoms with van der Waals surface area (Å²) in [5.74, 6) is 0. The lowest BCUT2D eigenvalue weighted by molar-refractivity contribution is 0.564. The van der Waals surface area contributed by atoms with Crippen molar-refractivity contribution in [3.8, 4) is 0 Å². The van der Waals surface area contributed by atoms with E-state index in [1.165, 1.54) is 0 Å². The van der Waals surface area contributed by atoms with Crippen LogP contribution in [0, 0.1) is 0 Å². The molecular weight excluding hydrogens is 208 g/mol. The molecule has 1 atom stereocenters. The van der Waals surface area contributed by atoms with Crippen molar-refractivity contribution in [1.82, 2.24) is 0 Å². The molecule has 0 saturated heterocycles. The fourth-order valence-corrected chi connectivity index (χ4v) is 3.61. The number of benzene rings is 1. The van der Waals surface area contributed by atoms with E-state index in [-0.39, 0.29) is 5.25 Å². The summed E-state index contributed by atoms with van der Waals surface area (Å²) in [5.41, 5.74) is 0. The molecule has 3 heteroatoms. The highest BCUT2D eigenvalue weighted by molar-refractivity contribution is 7.92. The summed E-state index contributed by atoms with van der Waals surface area (Å²) >= 11 is 0. The Balaban J connectivity index is 3.01. The second-order valence-electron chi connectivity index (χ2n) is 3.68. The van der Waals surface area contributed by atoms with Gasteiger partial charge in [-0.25, -0.2) is 8.42 Å². The zero-order chi connectivity index (χ0) is 11.3. The lowest BCUT2D eigenvalue weighted by Crippen LogP contribution is -2.20. The zero-order valence-corrected chi connectivity index (χ0v) is 10.1. The molecule has 0 aliphatic heterocycles. The van der Waals surface area contributed by atoms with Crippen LogP contribution in [0.2, 0.25) is 0 Å². The average molecular weight is 226 g/mol. The molecule has 0 heterocycles. The Kier molecular flexibility index (Phi) is 4.33. The van der Waals surface area contributed by atoms with Gasteiger partial charge in [-0.3, -0.25) is 0 Å². The van der Waals surface area contributed by atoms with Crippen molar-refractivity contribution in [2.24, 2.45) is 0 Å². The molecule has 1 aromatic rings. The van der Waals surface area contributed by atoms with E-state index in [1.54, 1.807) is 24.3 Å². The Morgan fingerprint density at radius 1 is 1.13 bits per heavy atom. The van der Waals surface area contributed by atoms with Crippen LogP contribution in [0.1, 0.15) is 33.1 Å².